The van der Waals surface area contributed by atoms with Crippen LogP contribution in [0.2, 0.25) is 0 Å². The van der Waals surface area contributed by atoms with Crippen molar-refractivity contribution < 1.29 is 4.39 Å². The zero-order valence-electron chi connectivity index (χ0n) is 10.5. The number of nitrogens with zero attached hydrogens (tertiary/aromatic N) is 1. The molecule has 0 atom stereocenters. The fourth-order valence-electron chi connectivity index (χ4n) is 1.42. The van der Waals surface area contributed by atoms with Crippen molar-refractivity contribution in [3.8, 4) is 0 Å². The predicted molar refractivity (Wildman–Crippen MR) is 67.4 cm³/mol. The zero-order valence-corrected chi connectivity index (χ0v) is 10.5. The molecule has 0 saturated heterocycles. The highest BCUT2D eigenvalue weighted by atomic mass is 19.1. The van der Waals surface area contributed by atoms with Crippen LogP contribution >= 0.6 is 0 Å². The van der Waals surface area contributed by atoms with Crippen LogP contribution < -0.4 is 10.2 Å². The summed E-state index contributed by atoms with van der Waals surface area (Å²) in [5, 5.41) is 3.42. The highest BCUT2D eigenvalue weighted by Gasteiger charge is 2.08. The van der Waals surface area contributed by atoms with Crippen molar-refractivity contribution in [2.24, 2.45) is 0 Å². The van der Waals surface area contributed by atoms with E-state index in [2.05, 4.69) is 31.0 Å². The summed E-state index contributed by atoms with van der Waals surface area (Å²) in [6.45, 7) is 8.25. The van der Waals surface area contributed by atoms with Gasteiger partial charge in [-0.3, -0.25) is 0 Å². The molecule has 0 unspecified atom stereocenters. The van der Waals surface area contributed by atoms with E-state index in [0.29, 0.717) is 0 Å². The molecule has 1 aromatic carbocycles. The molecule has 16 heavy (non-hydrogen) atoms. The second-order valence-electron chi connectivity index (χ2n) is 5.07. The average molecular weight is 224 g/mol. The van der Waals surface area contributed by atoms with Crippen molar-refractivity contribution in [2.75, 3.05) is 25.0 Å². The van der Waals surface area contributed by atoms with E-state index in [4.69, 9.17) is 0 Å². The first-order chi connectivity index (χ1) is 7.38. The van der Waals surface area contributed by atoms with Gasteiger partial charge in [-0.1, -0.05) is 0 Å². The van der Waals surface area contributed by atoms with Gasteiger partial charge in [-0.15, -0.1) is 0 Å². The van der Waals surface area contributed by atoms with Gasteiger partial charge in [0.1, 0.15) is 5.82 Å². The smallest absolute Gasteiger partial charge is 0.123 e. The minimum Gasteiger partial charge on any atom is -0.373 e. The molecular formula is C13H21FN2. The normalized spacial score (nSPS) is 11.6. The SMILES string of the molecule is CN(CCNC(C)(C)C)c1ccc(F)cc1. The minimum absolute atomic E-state index is 0.142. The van der Waals surface area contributed by atoms with Crippen LogP contribution in [0.25, 0.3) is 0 Å². The van der Waals surface area contributed by atoms with Crippen molar-refractivity contribution in [1.82, 2.24) is 5.32 Å². The van der Waals surface area contributed by atoms with Gasteiger partial charge in [0, 0.05) is 31.4 Å². The summed E-state index contributed by atoms with van der Waals surface area (Å²) in [7, 11) is 2.01. The van der Waals surface area contributed by atoms with Gasteiger partial charge in [-0.25, -0.2) is 4.39 Å². The Bertz CT molecular complexity index is 314. The van der Waals surface area contributed by atoms with Crippen molar-refractivity contribution in [2.45, 2.75) is 26.3 Å². The Morgan fingerprint density at radius 1 is 1.19 bits per heavy atom. The highest BCUT2D eigenvalue weighted by molar-refractivity contribution is 5.45. The third-order valence-electron chi connectivity index (χ3n) is 2.37. The molecule has 0 fully saturated rings. The van der Waals surface area contributed by atoms with Gasteiger partial charge >= 0.3 is 0 Å². The van der Waals surface area contributed by atoms with E-state index in [-0.39, 0.29) is 11.4 Å². The molecule has 1 rings (SSSR count). The molecular weight excluding hydrogens is 203 g/mol. The molecule has 0 aromatic heterocycles. The summed E-state index contributed by atoms with van der Waals surface area (Å²) >= 11 is 0. The van der Waals surface area contributed by atoms with Crippen LogP contribution in [0.5, 0.6) is 0 Å². The molecule has 0 radical (unpaired) electrons. The van der Waals surface area contributed by atoms with E-state index >= 15 is 0 Å². The van der Waals surface area contributed by atoms with Crippen molar-refractivity contribution in [1.29, 1.82) is 0 Å². The Hall–Kier alpha value is -1.09. The zero-order chi connectivity index (χ0) is 12.2. The number of likely N-dealkylation sites (N-methyl/N-ethyl adjacent to an activating group) is 1. The third kappa shape index (κ3) is 4.62. The minimum atomic E-state index is -0.190. The molecule has 0 bridgehead atoms. The van der Waals surface area contributed by atoms with Gasteiger partial charge in [0.05, 0.1) is 0 Å². The number of hydrogen-bond donors (Lipinski definition) is 1. The largest absolute Gasteiger partial charge is 0.373 e. The Morgan fingerprint density at radius 2 is 1.75 bits per heavy atom. The molecule has 0 heterocycles. The third-order valence-corrected chi connectivity index (χ3v) is 2.37. The van der Waals surface area contributed by atoms with Gasteiger partial charge in [-0.2, -0.15) is 0 Å². The standard InChI is InChI=1S/C13H21FN2/c1-13(2,3)15-9-10-16(4)12-7-5-11(14)6-8-12/h5-8,15H,9-10H2,1-4H3. The number of anilines is 1. The van der Waals surface area contributed by atoms with E-state index in [1.54, 1.807) is 12.1 Å². The lowest BCUT2D eigenvalue weighted by atomic mass is 10.1. The highest BCUT2D eigenvalue weighted by Crippen LogP contribution is 2.12. The quantitative estimate of drug-likeness (QED) is 0.846. The van der Waals surface area contributed by atoms with Crippen molar-refractivity contribution >= 4 is 5.69 Å². The molecule has 0 saturated carbocycles. The lowest BCUT2D eigenvalue weighted by Gasteiger charge is -2.24. The predicted octanol–water partition coefficient (Wildman–Crippen LogP) is 2.65. The maximum absolute atomic E-state index is 12.7. The summed E-state index contributed by atoms with van der Waals surface area (Å²) in [5.41, 5.74) is 1.18. The monoisotopic (exact) mass is 224 g/mol. The molecule has 1 N–H and O–H groups in total. The number of benzene rings is 1. The molecule has 90 valence electrons. The van der Waals surface area contributed by atoms with Crippen LogP contribution in [0.1, 0.15) is 20.8 Å². The average Bonchev–Trinajstić information content (AvgIpc) is 2.16. The molecule has 2 nitrogen and oxygen atoms in total. The van der Waals surface area contributed by atoms with Crippen molar-refractivity contribution in [3.05, 3.63) is 30.1 Å². The van der Waals surface area contributed by atoms with Gasteiger partial charge in [0.15, 0.2) is 0 Å². The van der Waals surface area contributed by atoms with Gasteiger partial charge in [-0.05, 0) is 45.0 Å². The summed E-state index contributed by atoms with van der Waals surface area (Å²) < 4.78 is 12.7. The van der Waals surface area contributed by atoms with E-state index < -0.39 is 0 Å². The summed E-state index contributed by atoms with van der Waals surface area (Å²) in [6, 6.07) is 6.57. The first kappa shape index (κ1) is 13.0. The van der Waals surface area contributed by atoms with Crippen LogP contribution in [0, 0.1) is 5.82 Å². The number of hydrogen-bond acceptors (Lipinski definition) is 2. The fourth-order valence-corrected chi connectivity index (χ4v) is 1.42. The maximum Gasteiger partial charge on any atom is 0.123 e. The summed E-state index contributed by atoms with van der Waals surface area (Å²) in [4.78, 5) is 2.11. The maximum atomic E-state index is 12.7. The molecule has 0 amide bonds. The molecule has 1 aromatic rings. The van der Waals surface area contributed by atoms with Crippen LogP contribution in [-0.2, 0) is 0 Å². The Labute approximate surface area is 97.5 Å². The number of rotatable bonds is 4. The second kappa shape index (κ2) is 5.30. The Morgan fingerprint density at radius 3 is 2.25 bits per heavy atom. The molecule has 0 spiro atoms. The lowest BCUT2D eigenvalue weighted by molar-refractivity contribution is 0.431. The molecule has 0 aliphatic carbocycles. The number of halogens is 1. The van der Waals surface area contributed by atoms with E-state index in [1.165, 1.54) is 12.1 Å². The summed E-state index contributed by atoms with van der Waals surface area (Å²) in [6.07, 6.45) is 0. The van der Waals surface area contributed by atoms with Gasteiger partial charge in [0.25, 0.3) is 0 Å². The first-order valence-electron chi connectivity index (χ1n) is 5.60. The van der Waals surface area contributed by atoms with Crippen LogP contribution in [-0.4, -0.2) is 25.7 Å². The van der Waals surface area contributed by atoms with Crippen LogP contribution in [0.4, 0.5) is 10.1 Å². The molecule has 3 heteroatoms. The topological polar surface area (TPSA) is 15.3 Å². The van der Waals surface area contributed by atoms with Crippen LogP contribution in [0.3, 0.4) is 0 Å². The Kier molecular flexibility index (Phi) is 4.30. The molecule has 0 aliphatic heterocycles. The lowest BCUT2D eigenvalue weighted by Crippen LogP contribution is -2.40. The van der Waals surface area contributed by atoms with Crippen LogP contribution in [0.15, 0.2) is 24.3 Å². The van der Waals surface area contributed by atoms with E-state index in [9.17, 15) is 4.39 Å². The van der Waals surface area contributed by atoms with Gasteiger partial charge < -0.3 is 10.2 Å². The fraction of sp³-hybridized carbons (Fsp3) is 0.538. The Balaban J connectivity index is 2.41. The van der Waals surface area contributed by atoms with E-state index in [0.717, 1.165) is 18.8 Å². The van der Waals surface area contributed by atoms with Gasteiger partial charge in [0.2, 0.25) is 0 Å². The second-order valence-corrected chi connectivity index (χ2v) is 5.07. The van der Waals surface area contributed by atoms with E-state index in [1.807, 2.05) is 7.05 Å². The molecule has 0 aliphatic rings. The van der Waals surface area contributed by atoms with Crippen molar-refractivity contribution in [3.63, 3.8) is 0 Å². The number of nitrogens with one attached hydrogen (secondary N) is 1. The first-order valence-corrected chi connectivity index (χ1v) is 5.60. The summed E-state index contributed by atoms with van der Waals surface area (Å²) in [5.74, 6) is -0.190.